The predicted octanol–water partition coefficient (Wildman–Crippen LogP) is 3.35. The van der Waals surface area contributed by atoms with Crippen LogP contribution in [-0.2, 0) is 4.84 Å². The number of imide groups is 1. The van der Waals surface area contributed by atoms with Gasteiger partial charge < -0.3 is 4.84 Å². The molecule has 0 N–H and O–H groups in total. The zero-order valence-electron chi connectivity index (χ0n) is 13.7. The molecule has 2 aromatic carbocycles. The maximum atomic E-state index is 12.6. The molecule has 27 heavy (non-hydrogen) atoms. The lowest BCUT2D eigenvalue weighted by molar-refractivity contribution is -0.0584. The summed E-state index contributed by atoms with van der Waals surface area (Å²) in [4.78, 5) is 55.5. The highest BCUT2D eigenvalue weighted by Crippen LogP contribution is 2.24. The molecule has 0 fully saturated rings. The first kappa shape index (κ1) is 16.9. The second-order valence-electron chi connectivity index (χ2n) is 5.68. The van der Waals surface area contributed by atoms with Crippen LogP contribution in [0.4, 0.5) is 0 Å². The van der Waals surface area contributed by atoms with E-state index in [1.165, 1.54) is 35.6 Å². The minimum atomic E-state index is -0.954. The number of ketones is 1. The summed E-state index contributed by atoms with van der Waals surface area (Å²) in [5, 5.41) is 2.19. The van der Waals surface area contributed by atoms with Crippen molar-refractivity contribution in [1.29, 1.82) is 0 Å². The number of hydrogen-bond acceptors (Lipinski definition) is 6. The van der Waals surface area contributed by atoms with Crippen LogP contribution in [0.1, 0.15) is 46.3 Å². The molecule has 0 atom stereocenters. The number of hydrogen-bond donors (Lipinski definition) is 0. The molecule has 1 aliphatic heterocycles. The van der Waals surface area contributed by atoms with Crippen LogP contribution >= 0.6 is 11.3 Å². The van der Waals surface area contributed by atoms with Gasteiger partial charge >= 0.3 is 5.97 Å². The van der Waals surface area contributed by atoms with E-state index < -0.39 is 17.8 Å². The van der Waals surface area contributed by atoms with Crippen LogP contribution in [0.15, 0.2) is 66.0 Å². The summed E-state index contributed by atoms with van der Waals surface area (Å²) in [5.74, 6) is -2.72. The molecule has 0 saturated carbocycles. The van der Waals surface area contributed by atoms with Crippen LogP contribution in [0, 0.1) is 0 Å². The summed E-state index contributed by atoms with van der Waals surface area (Å²) in [6.45, 7) is 0. The molecule has 6 nitrogen and oxygen atoms in total. The zero-order chi connectivity index (χ0) is 19.0. The highest BCUT2D eigenvalue weighted by atomic mass is 32.1. The molecular formula is C20H11NO5S. The number of carbonyl (C=O) groups excluding carboxylic acids is 4. The van der Waals surface area contributed by atoms with Crippen LogP contribution in [0.5, 0.6) is 0 Å². The van der Waals surface area contributed by atoms with Crippen molar-refractivity contribution in [3.8, 4) is 0 Å². The van der Waals surface area contributed by atoms with Crippen LogP contribution in [-0.4, -0.2) is 28.6 Å². The van der Waals surface area contributed by atoms with Crippen LogP contribution < -0.4 is 0 Å². The molecule has 1 aromatic heterocycles. The van der Waals surface area contributed by atoms with Gasteiger partial charge in [-0.3, -0.25) is 14.4 Å². The van der Waals surface area contributed by atoms with Gasteiger partial charge in [0.15, 0.2) is 0 Å². The average Bonchev–Trinajstić information content (AvgIpc) is 3.32. The van der Waals surface area contributed by atoms with Gasteiger partial charge in [0.05, 0.1) is 21.6 Å². The summed E-state index contributed by atoms with van der Waals surface area (Å²) >= 11 is 1.25. The van der Waals surface area contributed by atoms with Gasteiger partial charge in [-0.05, 0) is 29.6 Å². The van der Waals surface area contributed by atoms with E-state index in [4.69, 9.17) is 4.84 Å². The van der Waals surface area contributed by atoms with Gasteiger partial charge in [-0.25, -0.2) is 4.79 Å². The maximum absolute atomic E-state index is 12.6. The van der Waals surface area contributed by atoms with Gasteiger partial charge in [0.2, 0.25) is 5.78 Å². The van der Waals surface area contributed by atoms with Gasteiger partial charge in [-0.15, -0.1) is 11.3 Å². The van der Waals surface area contributed by atoms with E-state index in [1.807, 2.05) is 0 Å². The van der Waals surface area contributed by atoms with Gasteiger partial charge in [0, 0.05) is 5.56 Å². The van der Waals surface area contributed by atoms with Crippen molar-refractivity contribution in [2.45, 2.75) is 0 Å². The van der Waals surface area contributed by atoms with Gasteiger partial charge in [-0.2, -0.15) is 0 Å². The number of rotatable bonds is 4. The van der Waals surface area contributed by atoms with Crippen molar-refractivity contribution < 1.29 is 24.0 Å². The summed E-state index contributed by atoms with van der Waals surface area (Å²) in [7, 11) is 0. The first-order valence-corrected chi connectivity index (χ1v) is 8.83. The molecule has 7 heteroatoms. The Labute approximate surface area is 157 Å². The topological polar surface area (TPSA) is 80.8 Å². The van der Waals surface area contributed by atoms with Crippen molar-refractivity contribution in [1.82, 2.24) is 5.06 Å². The van der Waals surface area contributed by atoms with Crippen molar-refractivity contribution in [2.24, 2.45) is 0 Å². The van der Waals surface area contributed by atoms with E-state index in [0.29, 0.717) is 9.94 Å². The molecule has 0 aliphatic carbocycles. The molecular weight excluding hydrogens is 366 g/mol. The Morgan fingerprint density at radius 1 is 0.778 bits per heavy atom. The SMILES string of the molecule is O=C(ON1C(=O)c2ccccc2C1=O)c1ccccc1C(=O)c1cccs1. The predicted molar refractivity (Wildman–Crippen MR) is 96.6 cm³/mol. The molecule has 0 radical (unpaired) electrons. The summed E-state index contributed by atoms with van der Waals surface area (Å²) < 4.78 is 0. The second kappa shape index (κ2) is 6.62. The third-order valence-corrected chi connectivity index (χ3v) is 4.94. The molecule has 0 bridgehead atoms. The number of hydroxylamine groups is 2. The van der Waals surface area contributed by atoms with Crippen LogP contribution in [0.25, 0.3) is 0 Å². The molecule has 0 spiro atoms. The fourth-order valence-electron chi connectivity index (χ4n) is 2.78. The normalized spacial score (nSPS) is 12.8. The number of benzene rings is 2. The fraction of sp³-hybridized carbons (Fsp3) is 0. The van der Waals surface area contributed by atoms with E-state index in [2.05, 4.69) is 0 Å². The number of carbonyl (C=O) groups is 4. The third kappa shape index (κ3) is 2.84. The quantitative estimate of drug-likeness (QED) is 0.514. The molecule has 3 aromatic rings. The summed E-state index contributed by atoms with van der Waals surface area (Å²) in [5.41, 5.74) is 0.450. The second-order valence-corrected chi connectivity index (χ2v) is 6.63. The van der Waals surface area contributed by atoms with E-state index in [0.717, 1.165) is 0 Å². The molecule has 0 saturated heterocycles. The van der Waals surface area contributed by atoms with Crippen molar-refractivity contribution >= 4 is 34.9 Å². The van der Waals surface area contributed by atoms with E-state index in [9.17, 15) is 19.2 Å². The number of fused-ring (bicyclic) bond motifs is 1. The van der Waals surface area contributed by atoms with E-state index in [1.54, 1.807) is 41.8 Å². The Bertz CT molecular complexity index is 1050. The Morgan fingerprint density at radius 2 is 1.37 bits per heavy atom. The standard InChI is InChI=1S/C20H11NO5S/c22-17(16-10-5-11-27-16)12-6-1-4-9-15(12)20(25)26-21-18(23)13-7-2-3-8-14(13)19(21)24/h1-11H. The third-order valence-electron chi connectivity index (χ3n) is 4.07. The average molecular weight is 377 g/mol. The minimum absolute atomic E-state index is 0.0209. The molecule has 4 rings (SSSR count). The fourth-order valence-corrected chi connectivity index (χ4v) is 3.46. The lowest BCUT2D eigenvalue weighted by Gasteiger charge is -2.14. The van der Waals surface area contributed by atoms with Crippen molar-refractivity contribution in [3.63, 3.8) is 0 Å². The highest BCUT2D eigenvalue weighted by Gasteiger charge is 2.39. The lowest BCUT2D eigenvalue weighted by atomic mass is 10.0. The monoisotopic (exact) mass is 377 g/mol. The maximum Gasteiger partial charge on any atom is 0.364 e. The van der Waals surface area contributed by atoms with Gasteiger partial charge in [0.1, 0.15) is 0 Å². The summed E-state index contributed by atoms with van der Waals surface area (Å²) in [6, 6.07) is 15.7. The number of nitrogens with zero attached hydrogens (tertiary/aromatic N) is 1. The Morgan fingerprint density at radius 3 is 1.96 bits per heavy atom. The zero-order valence-corrected chi connectivity index (χ0v) is 14.6. The lowest BCUT2D eigenvalue weighted by Crippen LogP contribution is -2.33. The molecule has 132 valence electrons. The Hall–Kier alpha value is -3.58. The number of amides is 2. The van der Waals surface area contributed by atoms with Crippen LogP contribution in [0.3, 0.4) is 0 Å². The van der Waals surface area contributed by atoms with Gasteiger partial charge in [-0.1, -0.05) is 41.5 Å². The first-order chi connectivity index (χ1) is 13.1. The van der Waals surface area contributed by atoms with E-state index >= 15 is 0 Å². The Balaban J connectivity index is 1.63. The largest absolute Gasteiger partial charge is 0.364 e. The Kier molecular flexibility index (Phi) is 4.13. The number of thiophene rings is 1. The molecule has 0 unspecified atom stereocenters. The van der Waals surface area contributed by atoms with Gasteiger partial charge in [0.25, 0.3) is 11.8 Å². The summed E-state index contributed by atoms with van der Waals surface area (Å²) in [6.07, 6.45) is 0. The smallest absolute Gasteiger partial charge is 0.324 e. The minimum Gasteiger partial charge on any atom is -0.324 e. The van der Waals surface area contributed by atoms with Crippen molar-refractivity contribution in [3.05, 3.63) is 93.2 Å². The van der Waals surface area contributed by atoms with Crippen molar-refractivity contribution in [2.75, 3.05) is 0 Å². The van der Waals surface area contributed by atoms with Crippen LogP contribution in [0.2, 0.25) is 0 Å². The molecule has 2 amide bonds. The molecule has 2 heterocycles. The first-order valence-electron chi connectivity index (χ1n) is 7.95. The van der Waals surface area contributed by atoms with E-state index in [-0.39, 0.29) is 28.0 Å². The highest BCUT2D eigenvalue weighted by molar-refractivity contribution is 7.12. The molecule has 1 aliphatic rings.